The van der Waals surface area contributed by atoms with Crippen LogP contribution in [0.15, 0.2) is 0 Å². The van der Waals surface area contributed by atoms with Gasteiger partial charge in [-0.15, -0.1) is 0 Å². The molecule has 0 bridgehead atoms. The minimum absolute atomic E-state index is 0.145. The summed E-state index contributed by atoms with van der Waals surface area (Å²) in [7, 11) is 0. The highest BCUT2D eigenvalue weighted by Crippen LogP contribution is 2.36. The molecule has 0 N–H and O–H groups in total. The van der Waals surface area contributed by atoms with Crippen LogP contribution in [0, 0.1) is 5.92 Å². The molecule has 0 aromatic carbocycles. The van der Waals surface area contributed by atoms with Gasteiger partial charge in [0, 0.05) is 12.6 Å². The van der Waals surface area contributed by atoms with Crippen LogP contribution in [0.4, 0.5) is 0 Å². The number of hydrogen-bond acceptors (Lipinski definition) is 2. The van der Waals surface area contributed by atoms with E-state index < -0.39 is 0 Å². The third-order valence-corrected chi connectivity index (χ3v) is 4.73. The molecule has 2 saturated heterocycles. The Kier molecular flexibility index (Phi) is 2.83. The summed E-state index contributed by atoms with van der Waals surface area (Å²) in [5.41, 5.74) is 0. The predicted molar refractivity (Wildman–Crippen MR) is 67.8 cm³/mol. The standard InChI is InChI=1S/C14H22N2O2/c1-9(2)12-14(18)15-8-4-7-11(15)13(17)16(12)10-5-3-6-10/h9-12H,3-8H2,1-2H3. The number of fused-ring (bicyclic) bond motifs is 1. The molecule has 3 fully saturated rings. The lowest BCUT2D eigenvalue weighted by Crippen LogP contribution is -2.67. The maximum Gasteiger partial charge on any atom is 0.246 e. The van der Waals surface area contributed by atoms with Gasteiger partial charge in [0.25, 0.3) is 0 Å². The maximum atomic E-state index is 12.6. The second kappa shape index (κ2) is 4.25. The predicted octanol–water partition coefficient (Wildman–Crippen LogP) is 1.40. The molecule has 2 heterocycles. The van der Waals surface area contributed by atoms with E-state index in [0.717, 1.165) is 32.2 Å². The third kappa shape index (κ3) is 1.57. The molecule has 2 atom stereocenters. The topological polar surface area (TPSA) is 40.6 Å². The van der Waals surface area contributed by atoms with E-state index in [9.17, 15) is 9.59 Å². The third-order valence-electron chi connectivity index (χ3n) is 4.73. The molecule has 18 heavy (non-hydrogen) atoms. The zero-order chi connectivity index (χ0) is 12.9. The number of piperazine rings is 1. The molecule has 4 nitrogen and oxygen atoms in total. The Balaban J connectivity index is 1.92. The summed E-state index contributed by atoms with van der Waals surface area (Å²) in [6.07, 6.45) is 5.19. The molecule has 1 aliphatic carbocycles. The molecule has 0 aromatic heterocycles. The first-order valence-electron chi connectivity index (χ1n) is 7.24. The van der Waals surface area contributed by atoms with Crippen molar-refractivity contribution < 1.29 is 9.59 Å². The van der Waals surface area contributed by atoms with Crippen molar-refractivity contribution in [2.75, 3.05) is 6.54 Å². The Bertz CT molecular complexity index is 376. The van der Waals surface area contributed by atoms with Gasteiger partial charge >= 0.3 is 0 Å². The van der Waals surface area contributed by atoms with Crippen LogP contribution in [-0.4, -0.2) is 46.3 Å². The minimum atomic E-state index is -0.211. The number of rotatable bonds is 2. The minimum Gasteiger partial charge on any atom is -0.329 e. The van der Waals surface area contributed by atoms with E-state index >= 15 is 0 Å². The molecule has 0 radical (unpaired) electrons. The summed E-state index contributed by atoms with van der Waals surface area (Å²) in [6, 6.07) is -0.0261. The van der Waals surface area contributed by atoms with E-state index in [2.05, 4.69) is 13.8 Å². The Labute approximate surface area is 108 Å². The Hall–Kier alpha value is -1.06. The van der Waals surface area contributed by atoms with E-state index in [1.165, 1.54) is 6.42 Å². The lowest BCUT2D eigenvalue weighted by molar-refractivity contribution is -0.166. The van der Waals surface area contributed by atoms with Crippen molar-refractivity contribution in [1.82, 2.24) is 9.80 Å². The molecule has 4 heteroatoms. The summed E-state index contributed by atoms with van der Waals surface area (Å²) < 4.78 is 0. The number of amides is 2. The second-order valence-corrected chi connectivity index (χ2v) is 6.21. The molecule has 3 aliphatic rings. The van der Waals surface area contributed by atoms with Crippen molar-refractivity contribution in [1.29, 1.82) is 0 Å². The van der Waals surface area contributed by atoms with Gasteiger partial charge in [-0.1, -0.05) is 13.8 Å². The molecule has 2 unspecified atom stereocenters. The quantitative estimate of drug-likeness (QED) is 0.743. The van der Waals surface area contributed by atoms with Gasteiger partial charge in [-0.3, -0.25) is 9.59 Å². The summed E-state index contributed by atoms with van der Waals surface area (Å²) in [6.45, 7) is 4.88. The van der Waals surface area contributed by atoms with Crippen molar-refractivity contribution >= 4 is 11.8 Å². The van der Waals surface area contributed by atoms with Gasteiger partial charge < -0.3 is 9.80 Å². The monoisotopic (exact) mass is 250 g/mol. The Morgan fingerprint density at radius 1 is 1.06 bits per heavy atom. The fourth-order valence-corrected chi connectivity index (χ4v) is 3.56. The molecule has 2 amide bonds. The van der Waals surface area contributed by atoms with Crippen molar-refractivity contribution in [3.05, 3.63) is 0 Å². The lowest BCUT2D eigenvalue weighted by atomic mass is 9.85. The Morgan fingerprint density at radius 3 is 2.33 bits per heavy atom. The van der Waals surface area contributed by atoms with Gasteiger partial charge in [0.05, 0.1) is 0 Å². The maximum absolute atomic E-state index is 12.6. The fraction of sp³-hybridized carbons (Fsp3) is 0.857. The van der Waals surface area contributed by atoms with E-state index in [-0.39, 0.29) is 29.8 Å². The van der Waals surface area contributed by atoms with Crippen LogP contribution in [0.1, 0.15) is 46.0 Å². The van der Waals surface area contributed by atoms with Gasteiger partial charge in [-0.05, 0) is 38.0 Å². The average molecular weight is 250 g/mol. The van der Waals surface area contributed by atoms with Crippen LogP contribution in [0.3, 0.4) is 0 Å². The van der Waals surface area contributed by atoms with Crippen molar-refractivity contribution in [2.45, 2.75) is 64.1 Å². The highest BCUT2D eigenvalue weighted by atomic mass is 16.2. The number of hydrogen-bond donors (Lipinski definition) is 0. The van der Waals surface area contributed by atoms with Gasteiger partial charge in [0.15, 0.2) is 0 Å². The molecule has 100 valence electrons. The van der Waals surface area contributed by atoms with Gasteiger partial charge in [-0.25, -0.2) is 0 Å². The van der Waals surface area contributed by atoms with E-state index in [1.54, 1.807) is 0 Å². The molecular formula is C14H22N2O2. The highest BCUT2D eigenvalue weighted by Gasteiger charge is 2.51. The van der Waals surface area contributed by atoms with E-state index in [0.29, 0.717) is 6.04 Å². The SMILES string of the molecule is CC(C)C1C(=O)N2CCCC2C(=O)N1C1CCC1. The highest BCUT2D eigenvalue weighted by molar-refractivity contribution is 5.97. The zero-order valence-corrected chi connectivity index (χ0v) is 11.3. The van der Waals surface area contributed by atoms with Crippen molar-refractivity contribution in [3.8, 4) is 0 Å². The smallest absolute Gasteiger partial charge is 0.246 e. The van der Waals surface area contributed by atoms with Crippen molar-refractivity contribution in [2.24, 2.45) is 5.92 Å². The Morgan fingerprint density at radius 2 is 1.78 bits per heavy atom. The van der Waals surface area contributed by atoms with Crippen LogP contribution in [0.5, 0.6) is 0 Å². The van der Waals surface area contributed by atoms with Crippen LogP contribution >= 0.6 is 0 Å². The van der Waals surface area contributed by atoms with E-state index in [4.69, 9.17) is 0 Å². The average Bonchev–Trinajstić information content (AvgIpc) is 2.71. The summed E-state index contributed by atoms with van der Waals surface area (Å²) >= 11 is 0. The first-order valence-corrected chi connectivity index (χ1v) is 7.24. The largest absolute Gasteiger partial charge is 0.329 e. The molecule has 0 spiro atoms. The lowest BCUT2D eigenvalue weighted by Gasteiger charge is -2.49. The molecular weight excluding hydrogens is 228 g/mol. The van der Waals surface area contributed by atoms with Crippen LogP contribution in [0.25, 0.3) is 0 Å². The fourth-order valence-electron chi connectivity index (χ4n) is 3.56. The zero-order valence-electron chi connectivity index (χ0n) is 11.3. The summed E-state index contributed by atoms with van der Waals surface area (Å²) in [5.74, 6) is 0.623. The van der Waals surface area contributed by atoms with Gasteiger partial charge in [0.2, 0.25) is 11.8 Å². The first kappa shape index (κ1) is 12.0. The summed E-state index contributed by atoms with van der Waals surface area (Å²) in [5, 5.41) is 0. The number of nitrogens with zero attached hydrogens (tertiary/aromatic N) is 2. The van der Waals surface area contributed by atoms with Crippen LogP contribution in [-0.2, 0) is 9.59 Å². The number of carbonyl (C=O) groups excluding carboxylic acids is 2. The molecule has 0 aromatic rings. The second-order valence-electron chi connectivity index (χ2n) is 6.21. The summed E-state index contributed by atoms with van der Waals surface area (Å²) in [4.78, 5) is 29.0. The van der Waals surface area contributed by atoms with Gasteiger partial charge in [0.1, 0.15) is 12.1 Å². The van der Waals surface area contributed by atoms with Crippen LogP contribution < -0.4 is 0 Å². The molecule has 3 rings (SSSR count). The molecule has 2 aliphatic heterocycles. The van der Waals surface area contributed by atoms with Crippen molar-refractivity contribution in [3.63, 3.8) is 0 Å². The van der Waals surface area contributed by atoms with E-state index in [1.807, 2.05) is 9.80 Å². The number of carbonyl (C=O) groups is 2. The molecule has 1 saturated carbocycles. The van der Waals surface area contributed by atoms with Gasteiger partial charge in [-0.2, -0.15) is 0 Å². The first-order chi connectivity index (χ1) is 8.61. The normalized spacial score (nSPS) is 33.1. The van der Waals surface area contributed by atoms with Crippen LogP contribution in [0.2, 0.25) is 0 Å².